The van der Waals surface area contributed by atoms with Crippen LogP contribution in [0.25, 0.3) is 10.8 Å². The van der Waals surface area contributed by atoms with Crippen molar-refractivity contribution in [1.29, 1.82) is 0 Å². The number of hydrogen-bond donors (Lipinski definition) is 3. The average molecular weight is 530 g/mol. The zero-order valence-electron chi connectivity index (χ0n) is 18.2. The topological polar surface area (TPSA) is 88.7 Å². The van der Waals surface area contributed by atoms with Crippen molar-refractivity contribution in [3.8, 4) is 11.5 Å². The van der Waals surface area contributed by atoms with Crippen LogP contribution in [0.3, 0.4) is 0 Å². The van der Waals surface area contributed by atoms with Gasteiger partial charge in [0.05, 0.1) is 10.6 Å². The van der Waals surface area contributed by atoms with Gasteiger partial charge in [0.1, 0.15) is 11.5 Å². The molecule has 0 aliphatic rings. The molecule has 0 aliphatic heterocycles. The minimum absolute atomic E-state index is 0.0405. The molecule has 1 atom stereocenters. The lowest BCUT2D eigenvalue weighted by molar-refractivity contribution is -0.123. The molecule has 0 saturated heterocycles. The quantitative estimate of drug-likeness (QED) is 0.308. The molecule has 0 saturated carbocycles. The molecule has 3 aromatic carbocycles. The minimum Gasteiger partial charge on any atom is -0.491 e. The van der Waals surface area contributed by atoms with E-state index in [1.807, 2.05) is 44.2 Å². The van der Waals surface area contributed by atoms with Crippen LogP contribution < -0.4 is 25.6 Å². The van der Waals surface area contributed by atoms with E-state index in [0.29, 0.717) is 17.1 Å². The highest BCUT2D eigenvalue weighted by atomic mass is 79.9. The van der Waals surface area contributed by atoms with Gasteiger partial charge in [-0.1, -0.05) is 43.3 Å². The number of benzene rings is 3. The number of amides is 2. The number of hydrogen-bond acceptors (Lipinski definition) is 5. The van der Waals surface area contributed by atoms with Gasteiger partial charge in [-0.25, -0.2) is 0 Å². The van der Waals surface area contributed by atoms with Crippen molar-refractivity contribution >= 4 is 55.8 Å². The zero-order chi connectivity index (χ0) is 23.8. The number of hydrazine groups is 1. The lowest BCUT2D eigenvalue weighted by atomic mass is 10.1. The second-order valence-electron chi connectivity index (χ2n) is 7.21. The number of ether oxygens (including phenoxy) is 2. The van der Waals surface area contributed by atoms with Gasteiger partial charge in [-0.2, -0.15) is 0 Å². The summed E-state index contributed by atoms with van der Waals surface area (Å²) in [7, 11) is 0. The molecule has 33 heavy (non-hydrogen) atoms. The zero-order valence-corrected chi connectivity index (χ0v) is 20.6. The summed E-state index contributed by atoms with van der Waals surface area (Å²) in [6.07, 6.45) is 0.893. The highest BCUT2D eigenvalue weighted by Crippen LogP contribution is 2.32. The molecule has 0 spiro atoms. The minimum atomic E-state index is -0.462. The Morgan fingerprint density at radius 3 is 2.64 bits per heavy atom. The number of rotatable bonds is 7. The van der Waals surface area contributed by atoms with E-state index in [4.69, 9.17) is 21.7 Å². The summed E-state index contributed by atoms with van der Waals surface area (Å²) in [5.74, 6) is 0.253. The molecule has 0 fully saturated rings. The van der Waals surface area contributed by atoms with Gasteiger partial charge in [0.15, 0.2) is 11.7 Å². The summed E-state index contributed by atoms with van der Waals surface area (Å²) in [5.41, 5.74) is 5.28. The Balaban J connectivity index is 1.47. The van der Waals surface area contributed by atoms with Crippen LogP contribution in [-0.2, 0) is 4.79 Å². The van der Waals surface area contributed by atoms with Crippen molar-refractivity contribution in [1.82, 2.24) is 16.2 Å². The fourth-order valence-corrected chi connectivity index (χ4v) is 3.62. The monoisotopic (exact) mass is 529 g/mol. The molecule has 7 nitrogen and oxygen atoms in total. The average Bonchev–Trinajstić information content (AvgIpc) is 2.82. The smallest absolute Gasteiger partial charge is 0.276 e. The lowest BCUT2D eigenvalue weighted by Crippen LogP contribution is -2.49. The Kier molecular flexibility index (Phi) is 8.62. The normalized spacial score (nSPS) is 11.4. The predicted molar refractivity (Wildman–Crippen MR) is 135 cm³/mol. The Morgan fingerprint density at radius 1 is 1.06 bits per heavy atom. The summed E-state index contributed by atoms with van der Waals surface area (Å²) >= 11 is 8.60. The van der Waals surface area contributed by atoms with Gasteiger partial charge < -0.3 is 9.47 Å². The van der Waals surface area contributed by atoms with E-state index in [1.54, 1.807) is 30.3 Å². The third-order valence-electron chi connectivity index (χ3n) is 4.74. The van der Waals surface area contributed by atoms with E-state index < -0.39 is 11.8 Å². The largest absolute Gasteiger partial charge is 0.491 e. The molecule has 0 bridgehead atoms. The molecular formula is C24H24BrN3O4S. The van der Waals surface area contributed by atoms with Crippen LogP contribution in [0.4, 0.5) is 0 Å². The van der Waals surface area contributed by atoms with Crippen molar-refractivity contribution < 1.29 is 19.1 Å². The molecular weight excluding hydrogens is 506 g/mol. The Labute approximate surface area is 205 Å². The van der Waals surface area contributed by atoms with E-state index >= 15 is 0 Å². The third kappa shape index (κ3) is 6.90. The maximum Gasteiger partial charge on any atom is 0.276 e. The molecule has 0 aliphatic carbocycles. The van der Waals surface area contributed by atoms with Gasteiger partial charge in [0, 0.05) is 5.56 Å². The fourth-order valence-electron chi connectivity index (χ4n) is 2.86. The second-order valence-corrected chi connectivity index (χ2v) is 8.41. The summed E-state index contributed by atoms with van der Waals surface area (Å²) in [4.78, 5) is 24.6. The standard InChI is InChI=1S/C24H24BrN3O4S/c1-3-15(2)32-18-9-6-8-17(13-18)23(30)26-24(33)28-27-21(29)14-31-20-12-11-16-7-4-5-10-19(16)22(20)25/h4-13,15H,3,14H2,1-2H3,(H,27,29)(H2,26,28,30,33). The predicted octanol–water partition coefficient (Wildman–Crippen LogP) is 4.49. The Hall–Kier alpha value is -3.17. The molecule has 0 radical (unpaired) electrons. The number of carbonyl (C=O) groups excluding carboxylic acids is 2. The van der Waals surface area contributed by atoms with Crippen LogP contribution in [-0.4, -0.2) is 29.6 Å². The number of halogens is 1. The van der Waals surface area contributed by atoms with Gasteiger partial charge in [0.25, 0.3) is 11.8 Å². The molecule has 9 heteroatoms. The van der Waals surface area contributed by atoms with Crippen LogP contribution >= 0.6 is 28.1 Å². The van der Waals surface area contributed by atoms with Crippen molar-refractivity contribution in [3.63, 3.8) is 0 Å². The highest BCUT2D eigenvalue weighted by Gasteiger charge is 2.12. The number of thiocarbonyl (C=S) groups is 1. The van der Waals surface area contributed by atoms with E-state index in [2.05, 4.69) is 32.1 Å². The summed E-state index contributed by atoms with van der Waals surface area (Å²) in [6, 6.07) is 18.3. The maximum absolute atomic E-state index is 12.4. The number of carbonyl (C=O) groups is 2. The van der Waals surface area contributed by atoms with Gasteiger partial charge in [-0.3, -0.25) is 25.8 Å². The van der Waals surface area contributed by atoms with Gasteiger partial charge in [-0.15, -0.1) is 0 Å². The third-order valence-corrected chi connectivity index (χ3v) is 5.76. The number of nitrogens with one attached hydrogen (secondary N) is 3. The maximum atomic E-state index is 12.4. The molecule has 0 heterocycles. The first-order valence-electron chi connectivity index (χ1n) is 10.3. The van der Waals surface area contributed by atoms with Crippen molar-refractivity contribution in [2.24, 2.45) is 0 Å². The molecule has 3 aromatic rings. The summed E-state index contributed by atoms with van der Waals surface area (Å²) in [5, 5.41) is 4.50. The first-order chi connectivity index (χ1) is 15.9. The first kappa shape index (κ1) is 24.5. The Bertz CT molecular complexity index is 1170. The van der Waals surface area contributed by atoms with E-state index in [-0.39, 0.29) is 17.8 Å². The molecule has 172 valence electrons. The molecule has 1 unspecified atom stereocenters. The summed E-state index contributed by atoms with van der Waals surface area (Å²) in [6.45, 7) is 3.73. The molecule has 3 rings (SSSR count). The van der Waals surface area contributed by atoms with Crippen LogP contribution in [0.1, 0.15) is 30.6 Å². The van der Waals surface area contributed by atoms with Crippen LogP contribution in [0, 0.1) is 0 Å². The highest BCUT2D eigenvalue weighted by molar-refractivity contribution is 9.10. The van der Waals surface area contributed by atoms with E-state index in [1.165, 1.54) is 0 Å². The van der Waals surface area contributed by atoms with Gasteiger partial charge >= 0.3 is 0 Å². The van der Waals surface area contributed by atoms with Gasteiger partial charge in [0.2, 0.25) is 0 Å². The van der Waals surface area contributed by atoms with Crippen LogP contribution in [0.15, 0.2) is 65.1 Å². The van der Waals surface area contributed by atoms with Gasteiger partial charge in [-0.05, 0) is 76.5 Å². The SMILES string of the molecule is CCC(C)Oc1cccc(C(=O)NC(=S)NNC(=O)COc2ccc3ccccc3c2Br)c1. The van der Waals surface area contributed by atoms with Crippen molar-refractivity contribution in [3.05, 3.63) is 70.7 Å². The second kappa shape index (κ2) is 11.6. The fraction of sp³-hybridized carbons (Fsp3) is 0.208. The van der Waals surface area contributed by atoms with Crippen LogP contribution in [0.5, 0.6) is 11.5 Å². The Morgan fingerprint density at radius 2 is 1.85 bits per heavy atom. The first-order valence-corrected chi connectivity index (χ1v) is 11.5. The molecule has 0 aromatic heterocycles. The van der Waals surface area contributed by atoms with E-state index in [0.717, 1.165) is 21.7 Å². The molecule has 2 amide bonds. The molecule has 3 N–H and O–H groups in total. The van der Waals surface area contributed by atoms with Crippen molar-refractivity contribution in [2.45, 2.75) is 26.4 Å². The summed E-state index contributed by atoms with van der Waals surface area (Å²) < 4.78 is 12.1. The van der Waals surface area contributed by atoms with E-state index in [9.17, 15) is 9.59 Å². The number of fused-ring (bicyclic) bond motifs is 1. The lowest BCUT2D eigenvalue weighted by Gasteiger charge is -2.14. The van der Waals surface area contributed by atoms with Crippen molar-refractivity contribution in [2.75, 3.05) is 6.61 Å². The van der Waals surface area contributed by atoms with Crippen LogP contribution in [0.2, 0.25) is 0 Å².